The number of nitrogens with two attached hydrogens (primary N) is 1. The first kappa shape index (κ1) is 11.7. The lowest BCUT2D eigenvalue weighted by atomic mass is 9.98. The Morgan fingerprint density at radius 2 is 2.06 bits per heavy atom. The van der Waals surface area contributed by atoms with Gasteiger partial charge in [-0.2, -0.15) is 5.10 Å². The zero-order valence-corrected chi connectivity index (χ0v) is 10.5. The van der Waals surface area contributed by atoms with Crippen molar-refractivity contribution in [3.63, 3.8) is 0 Å². The van der Waals surface area contributed by atoms with E-state index < -0.39 is 0 Å². The number of hydrogen-bond acceptors (Lipinski definition) is 3. The Hall–Kier alpha value is -1.36. The van der Waals surface area contributed by atoms with E-state index in [-0.39, 0.29) is 11.9 Å². The summed E-state index contributed by atoms with van der Waals surface area (Å²) in [4.78, 5) is 14.4. The minimum atomic E-state index is 0.268. The molecule has 2 N–H and O–H groups in total. The minimum absolute atomic E-state index is 0.268. The first-order valence-electron chi connectivity index (χ1n) is 6.78. The van der Waals surface area contributed by atoms with E-state index >= 15 is 0 Å². The molecule has 1 aromatic rings. The van der Waals surface area contributed by atoms with E-state index in [1.807, 2.05) is 16.9 Å². The average Bonchev–Trinajstić information content (AvgIpc) is 2.94. The average molecular weight is 248 g/mol. The molecule has 2 saturated heterocycles. The van der Waals surface area contributed by atoms with Gasteiger partial charge in [-0.3, -0.25) is 9.48 Å². The minimum Gasteiger partial charge on any atom is -0.337 e. The molecule has 2 aliphatic rings. The van der Waals surface area contributed by atoms with Gasteiger partial charge in [0.2, 0.25) is 5.91 Å². The van der Waals surface area contributed by atoms with E-state index in [0.29, 0.717) is 25.0 Å². The Kier molecular flexibility index (Phi) is 3.07. The summed E-state index contributed by atoms with van der Waals surface area (Å²) in [5.41, 5.74) is 6.02. The number of fused-ring (bicyclic) bond motifs is 2. The molecule has 98 valence electrons. The van der Waals surface area contributed by atoms with Crippen molar-refractivity contribution in [2.45, 2.75) is 56.8 Å². The normalized spacial score (nSPS) is 30.7. The number of aryl methyl sites for hydroxylation is 1. The van der Waals surface area contributed by atoms with Crippen LogP contribution in [0.4, 0.5) is 0 Å². The van der Waals surface area contributed by atoms with Crippen molar-refractivity contribution in [2.24, 2.45) is 5.73 Å². The van der Waals surface area contributed by atoms with Gasteiger partial charge in [0.05, 0.1) is 0 Å². The first-order valence-corrected chi connectivity index (χ1v) is 6.78. The lowest BCUT2D eigenvalue weighted by Gasteiger charge is -2.37. The van der Waals surface area contributed by atoms with Crippen LogP contribution in [0, 0.1) is 0 Å². The predicted octanol–water partition coefficient (Wildman–Crippen LogP) is 0.754. The summed E-state index contributed by atoms with van der Waals surface area (Å²) < 4.78 is 1.81. The maximum Gasteiger partial charge on any atom is 0.224 e. The van der Waals surface area contributed by atoms with E-state index in [1.54, 1.807) is 6.20 Å². The molecule has 3 rings (SSSR count). The van der Waals surface area contributed by atoms with Gasteiger partial charge in [0.1, 0.15) is 0 Å². The number of amides is 1. The van der Waals surface area contributed by atoms with E-state index in [0.717, 1.165) is 25.7 Å². The molecular weight excluding hydrogens is 228 g/mol. The third-order valence-corrected chi connectivity index (χ3v) is 4.17. The number of nitrogens with zero attached hydrogens (tertiary/aromatic N) is 3. The molecule has 5 nitrogen and oxygen atoms in total. The number of aromatic nitrogens is 2. The summed E-state index contributed by atoms with van der Waals surface area (Å²) in [6.45, 7) is 0.674. The fourth-order valence-electron chi connectivity index (χ4n) is 3.40. The van der Waals surface area contributed by atoms with Gasteiger partial charge in [-0.15, -0.1) is 0 Å². The van der Waals surface area contributed by atoms with E-state index in [9.17, 15) is 4.79 Å². The smallest absolute Gasteiger partial charge is 0.224 e. The van der Waals surface area contributed by atoms with Crippen LogP contribution in [0.3, 0.4) is 0 Å². The van der Waals surface area contributed by atoms with Crippen LogP contribution in [0.1, 0.15) is 32.1 Å². The number of piperidine rings is 1. The van der Waals surface area contributed by atoms with Gasteiger partial charge in [0.25, 0.3) is 0 Å². The number of rotatable bonds is 3. The number of carbonyl (C=O) groups excluding carboxylic acids is 1. The number of carbonyl (C=O) groups is 1. The first-order chi connectivity index (χ1) is 8.74. The monoisotopic (exact) mass is 248 g/mol. The highest BCUT2D eigenvalue weighted by molar-refractivity contribution is 5.77. The molecule has 18 heavy (non-hydrogen) atoms. The largest absolute Gasteiger partial charge is 0.337 e. The van der Waals surface area contributed by atoms with Crippen LogP contribution in [0.5, 0.6) is 0 Å². The molecule has 2 aliphatic heterocycles. The summed E-state index contributed by atoms with van der Waals surface area (Å²) in [6, 6.07) is 2.96. The van der Waals surface area contributed by atoms with Gasteiger partial charge < -0.3 is 10.6 Å². The molecule has 0 radical (unpaired) electrons. The zero-order chi connectivity index (χ0) is 12.5. The quantitative estimate of drug-likeness (QED) is 0.858. The maximum absolute atomic E-state index is 12.3. The van der Waals surface area contributed by atoms with Crippen LogP contribution in [0.25, 0.3) is 0 Å². The lowest BCUT2D eigenvalue weighted by Crippen LogP contribution is -2.50. The molecule has 3 heterocycles. The summed E-state index contributed by atoms with van der Waals surface area (Å²) in [7, 11) is 0. The molecular formula is C13H20N4O. The van der Waals surface area contributed by atoms with E-state index in [4.69, 9.17) is 5.73 Å². The van der Waals surface area contributed by atoms with Gasteiger partial charge in [0.15, 0.2) is 0 Å². The third kappa shape index (κ3) is 2.14. The van der Waals surface area contributed by atoms with Crippen LogP contribution in [0.15, 0.2) is 18.5 Å². The van der Waals surface area contributed by atoms with E-state index in [2.05, 4.69) is 10.00 Å². The SMILES string of the molecule is NC1CC2CCC(C1)N2C(=O)CCn1cccn1. The van der Waals surface area contributed by atoms with Gasteiger partial charge >= 0.3 is 0 Å². The molecule has 0 spiro atoms. The summed E-state index contributed by atoms with van der Waals surface area (Å²) in [6.07, 6.45) is 8.40. The van der Waals surface area contributed by atoms with Gasteiger partial charge in [0, 0.05) is 43.5 Å². The molecule has 1 aromatic heterocycles. The molecule has 0 aromatic carbocycles. The summed E-state index contributed by atoms with van der Waals surface area (Å²) in [5.74, 6) is 0.268. The fraction of sp³-hybridized carbons (Fsp3) is 0.692. The second kappa shape index (κ2) is 4.72. The van der Waals surface area contributed by atoms with Gasteiger partial charge in [-0.1, -0.05) is 0 Å². The molecule has 0 aliphatic carbocycles. The van der Waals surface area contributed by atoms with Crippen LogP contribution in [0.2, 0.25) is 0 Å². The molecule has 0 saturated carbocycles. The Balaban J connectivity index is 1.60. The second-order valence-electron chi connectivity index (χ2n) is 5.44. The van der Waals surface area contributed by atoms with Crippen molar-refractivity contribution in [1.29, 1.82) is 0 Å². The Bertz CT molecular complexity index is 403. The Labute approximate surface area is 107 Å². The van der Waals surface area contributed by atoms with Crippen molar-refractivity contribution < 1.29 is 4.79 Å². The fourth-order valence-corrected chi connectivity index (χ4v) is 3.40. The van der Waals surface area contributed by atoms with Crippen LogP contribution in [-0.2, 0) is 11.3 Å². The highest BCUT2D eigenvalue weighted by atomic mass is 16.2. The van der Waals surface area contributed by atoms with Gasteiger partial charge in [-0.05, 0) is 31.7 Å². The summed E-state index contributed by atoms with van der Waals surface area (Å²) >= 11 is 0. The van der Waals surface area contributed by atoms with Crippen molar-refractivity contribution in [1.82, 2.24) is 14.7 Å². The Morgan fingerprint density at radius 3 is 2.67 bits per heavy atom. The van der Waals surface area contributed by atoms with Crippen LogP contribution >= 0.6 is 0 Å². The Morgan fingerprint density at radius 1 is 1.33 bits per heavy atom. The molecule has 2 fully saturated rings. The lowest BCUT2D eigenvalue weighted by molar-refractivity contribution is -0.136. The molecule has 1 amide bonds. The van der Waals surface area contributed by atoms with E-state index in [1.165, 1.54) is 0 Å². The summed E-state index contributed by atoms with van der Waals surface area (Å²) in [5, 5.41) is 4.12. The van der Waals surface area contributed by atoms with Crippen LogP contribution < -0.4 is 5.73 Å². The maximum atomic E-state index is 12.3. The van der Waals surface area contributed by atoms with Crippen molar-refractivity contribution in [2.75, 3.05) is 0 Å². The van der Waals surface area contributed by atoms with Crippen molar-refractivity contribution in [3.05, 3.63) is 18.5 Å². The van der Waals surface area contributed by atoms with Crippen molar-refractivity contribution in [3.8, 4) is 0 Å². The predicted molar refractivity (Wildman–Crippen MR) is 67.7 cm³/mol. The highest BCUT2D eigenvalue weighted by Gasteiger charge is 2.41. The molecule has 5 heteroatoms. The molecule has 2 unspecified atom stereocenters. The second-order valence-corrected chi connectivity index (χ2v) is 5.44. The third-order valence-electron chi connectivity index (χ3n) is 4.17. The van der Waals surface area contributed by atoms with Gasteiger partial charge in [-0.25, -0.2) is 0 Å². The highest BCUT2D eigenvalue weighted by Crippen LogP contribution is 2.35. The molecule has 2 bridgehead atoms. The molecule has 2 atom stereocenters. The van der Waals surface area contributed by atoms with Crippen molar-refractivity contribution >= 4 is 5.91 Å². The van der Waals surface area contributed by atoms with Crippen LogP contribution in [-0.4, -0.2) is 38.7 Å². The zero-order valence-electron chi connectivity index (χ0n) is 10.5. The topological polar surface area (TPSA) is 64.2 Å². The standard InChI is InChI=1S/C13H20N4O/c14-10-8-11-2-3-12(9-10)17(11)13(18)4-7-16-6-1-5-15-16/h1,5-6,10-12H,2-4,7-9,14H2. The number of hydrogen-bond donors (Lipinski definition) is 1.